The van der Waals surface area contributed by atoms with Crippen molar-refractivity contribution in [2.75, 3.05) is 0 Å². The van der Waals surface area contributed by atoms with Gasteiger partial charge in [-0.3, -0.25) is 9.59 Å². The van der Waals surface area contributed by atoms with Crippen LogP contribution in [-0.4, -0.2) is 35.1 Å². The van der Waals surface area contributed by atoms with Gasteiger partial charge in [-0.25, -0.2) is 4.79 Å². The fourth-order valence-corrected chi connectivity index (χ4v) is 3.27. The first-order valence-corrected chi connectivity index (χ1v) is 7.97. The second kappa shape index (κ2) is 5.45. The lowest BCUT2D eigenvalue weighted by Crippen LogP contribution is -2.33. The molecule has 2 unspecified atom stereocenters. The van der Waals surface area contributed by atoms with Gasteiger partial charge in [0, 0.05) is 0 Å². The Bertz CT molecular complexity index is 646. The molecule has 120 valence electrons. The predicted octanol–water partition coefficient (Wildman–Crippen LogP) is 2.09. The molecular weight excluding hydrogens is 298 g/mol. The number of hydrogen-bond donors (Lipinski definition) is 0. The summed E-state index contributed by atoms with van der Waals surface area (Å²) >= 11 is 0. The molecule has 4 rings (SSSR count). The van der Waals surface area contributed by atoms with E-state index >= 15 is 0 Å². The Morgan fingerprint density at radius 3 is 2.35 bits per heavy atom. The minimum atomic E-state index is -0.610. The molecule has 0 spiro atoms. The number of carbonyl (C=O) groups is 3. The van der Waals surface area contributed by atoms with Gasteiger partial charge in [-0.05, 0) is 43.7 Å². The van der Waals surface area contributed by atoms with Crippen LogP contribution in [0.5, 0.6) is 0 Å². The molecule has 1 aliphatic carbocycles. The Hall–Kier alpha value is -2.21. The summed E-state index contributed by atoms with van der Waals surface area (Å²) in [7, 11) is 0. The molecule has 2 aliphatic heterocycles. The maximum atomic E-state index is 12.1. The van der Waals surface area contributed by atoms with Crippen molar-refractivity contribution in [3.8, 4) is 0 Å². The maximum Gasteiger partial charge on any atom is 0.335 e. The third-order valence-corrected chi connectivity index (χ3v) is 4.63. The largest absolute Gasteiger partial charge is 0.374 e. The van der Waals surface area contributed by atoms with Crippen molar-refractivity contribution in [3.05, 3.63) is 35.4 Å². The van der Waals surface area contributed by atoms with Crippen LogP contribution in [0.3, 0.4) is 0 Å². The molecule has 0 N–H and O–H groups in total. The summed E-state index contributed by atoms with van der Waals surface area (Å²) in [4.78, 5) is 41.3. The van der Waals surface area contributed by atoms with E-state index < -0.39 is 17.8 Å². The average molecular weight is 315 g/mol. The van der Waals surface area contributed by atoms with Crippen LogP contribution in [0, 0.1) is 5.92 Å². The van der Waals surface area contributed by atoms with E-state index in [1.807, 2.05) is 0 Å². The fraction of sp³-hybridized carbons (Fsp3) is 0.471. The van der Waals surface area contributed by atoms with E-state index in [2.05, 4.69) is 0 Å². The minimum absolute atomic E-state index is 0.0661. The highest BCUT2D eigenvalue weighted by atomic mass is 16.7. The number of carbonyl (C=O) groups excluding carboxylic acids is 3. The van der Waals surface area contributed by atoms with E-state index in [0.717, 1.165) is 12.8 Å². The predicted molar refractivity (Wildman–Crippen MR) is 78.3 cm³/mol. The second-order valence-corrected chi connectivity index (χ2v) is 6.33. The van der Waals surface area contributed by atoms with Gasteiger partial charge in [0.1, 0.15) is 0 Å². The molecule has 0 aromatic heterocycles. The van der Waals surface area contributed by atoms with Crippen LogP contribution in [0.4, 0.5) is 0 Å². The molecule has 1 aromatic rings. The van der Waals surface area contributed by atoms with E-state index in [9.17, 15) is 14.4 Å². The summed E-state index contributed by atoms with van der Waals surface area (Å²) in [5.41, 5.74) is 0.521. The first-order valence-electron chi connectivity index (χ1n) is 7.97. The lowest BCUT2D eigenvalue weighted by Gasteiger charge is -2.15. The second-order valence-electron chi connectivity index (χ2n) is 6.33. The summed E-state index contributed by atoms with van der Waals surface area (Å²) < 4.78 is 5.85. The van der Waals surface area contributed by atoms with Gasteiger partial charge in [0.25, 0.3) is 11.8 Å². The molecule has 2 fully saturated rings. The van der Waals surface area contributed by atoms with Crippen molar-refractivity contribution in [2.24, 2.45) is 5.92 Å². The molecule has 2 atom stereocenters. The normalized spacial score (nSPS) is 26.5. The molecule has 3 aliphatic rings. The van der Waals surface area contributed by atoms with E-state index in [4.69, 9.17) is 9.57 Å². The van der Waals surface area contributed by atoms with Crippen LogP contribution in [0.15, 0.2) is 24.3 Å². The van der Waals surface area contributed by atoms with Gasteiger partial charge >= 0.3 is 5.97 Å². The van der Waals surface area contributed by atoms with Gasteiger partial charge in [-0.1, -0.05) is 17.2 Å². The number of hydrogen-bond acceptors (Lipinski definition) is 5. The molecule has 6 nitrogen and oxygen atoms in total. The number of fused-ring (bicyclic) bond motifs is 1. The van der Waals surface area contributed by atoms with Gasteiger partial charge in [-0.15, -0.1) is 0 Å². The highest BCUT2D eigenvalue weighted by Gasteiger charge is 2.41. The van der Waals surface area contributed by atoms with E-state index in [-0.39, 0.29) is 29.8 Å². The van der Waals surface area contributed by atoms with Crippen molar-refractivity contribution in [2.45, 2.75) is 44.3 Å². The Balaban J connectivity index is 1.36. The van der Waals surface area contributed by atoms with Crippen molar-refractivity contribution in [1.82, 2.24) is 5.06 Å². The molecule has 23 heavy (non-hydrogen) atoms. The summed E-state index contributed by atoms with van der Waals surface area (Å²) in [6, 6.07) is 6.42. The fourth-order valence-electron chi connectivity index (χ4n) is 3.27. The first-order chi connectivity index (χ1) is 11.1. The smallest absolute Gasteiger partial charge is 0.335 e. The summed E-state index contributed by atoms with van der Waals surface area (Å²) in [6.07, 6.45) is 4.34. The number of imide groups is 1. The van der Waals surface area contributed by atoms with Crippen LogP contribution >= 0.6 is 0 Å². The lowest BCUT2D eigenvalue weighted by molar-refractivity contribution is -0.171. The van der Waals surface area contributed by atoms with Gasteiger partial charge in [0.05, 0.1) is 29.8 Å². The van der Waals surface area contributed by atoms with Gasteiger partial charge in [0.15, 0.2) is 0 Å². The van der Waals surface area contributed by atoms with Crippen molar-refractivity contribution >= 4 is 17.8 Å². The highest BCUT2D eigenvalue weighted by Crippen LogP contribution is 2.40. The lowest BCUT2D eigenvalue weighted by atomic mass is 10.1. The standard InChI is InChI=1S/C17H17NO5/c19-15(9-11-7-8-14(22-11)10-5-6-10)23-18-16(20)12-3-1-2-4-13(12)17(18)21/h1-4,10-11,14H,5-9H2. The summed E-state index contributed by atoms with van der Waals surface area (Å²) in [6.45, 7) is 0. The Kier molecular flexibility index (Phi) is 3.41. The summed E-state index contributed by atoms with van der Waals surface area (Å²) in [5, 5.41) is 0.556. The van der Waals surface area contributed by atoms with Gasteiger partial charge < -0.3 is 9.57 Å². The molecule has 0 radical (unpaired) electrons. The molecule has 0 bridgehead atoms. The average Bonchev–Trinajstić information content (AvgIpc) is 3.26. The molecule has 1 aromatic carbocycles. The summed E-state index contributed by atoms with van der Waals surface area (Å²) in [5.74, 6) is -1.16. The van der Waals surface area contributed by atoms with Crippen molar-refractivity contribution < 1.29 is 24.0 Å². The monoisotopic (exact) mass is 315 g/mol. The van der Waals surface area contributed by atoms with Crippen molar-refractivity contribution in [1.29, 1.82) is 0 Å². The van der Waals surface area contributed by atoms with Crippen LogP contribution in [0.1, 0.15) is 52.8 Å². The SMILES string of the molecule is O=C(CC1CCC(C2CC2)O1)ON1C(=O)c2ccccc2C1=O. The highest BCUT2D eigenvalue weighted by molar-refractivity contribution is 6.20. The number of amides is 2. The van der Waals surface area contributed by atoms with Crippen LogP contribution in [-0.2, 0) is 14.4 Å². The molecular formula is C17H17NO5. The number of rotatable bonds is 4. The minimum Gasteiger partial charge on any atom is -0.374 e. The molecule has 6 heteroatoms. The Morgan fingerprint density at radius 1 is 1.09 bits per heavy atom. The number of ether oxygens (including phenoxy) is 1. The zero-order valence-corrected chi connectivity index (χ0v) is 12.6. The molecule has 1 saturated carbocycles. The number of nitrogens with zero attached hydrogens (tertiary/aromatic N) is 1. The van der Waals surface area contributed by atoms with E-state index in [0.29, 0.717) is 11.0 Å². The molecule has 1 saturated heterocycles. The Labute approximate surface area is 133 Å². The zero-order valence-electron chi connectivity index (χ0n) is 12.6. The first kappa shape index (κ1) is 14.4. The topological polar surface area (TPSA) is 72.9 Å². The van der Waals surface area contributed by atoms with E-state index in [1.165, 1.54) is 12.8 Å². The van der Waals surface area contributed by atoms with Gasteiger partial charge in [0.2, 0.25) is 0 Å². The zero-order chi connectivity index (χ0) is 16.0. The van der Waals surface area contributed by atoms with Crippen LogP contribution in [0.2, 0.25) is 0 Å². The third kappa shape index (κ3) is 2.63. The maximum absolute atomic E-state index is 12.1. The van der Waals surface area contributed by atoms with Gasteiger partial charge in [-0.2, -0.15) is 0 Å². The quantitative estimate of drug-likeness (QED) is 0.796. The number of hydroxylamine groups is 2. The number of benzene rings is 1. The molecule has 2 heterocycles. The molecule has 2 amide bonds. The third-order valence-electron chi connectivity index (χ3n) is 4.63. The van der Waals surface area contributed by atoms with Crippen LogP contribution < -0.4 is 0 Å². The van der Waals surface area contributed by atoms with E-state index in [1.54, 1.807) is 24.3 Å². The van der Waals surface area contributed by atoms with Crippen molar-refractivity contribution in [3.63, 3.8) is 0 Å². The Morgan fingerprint density at radius 2 is 1.74 bits per heavy atom. The van der Waals surface area contributed by atoms with Crippen LogP contribution in [0.25, 0.3) is 0 Å².